The van der Waals surface area contributed by atoms with Gasteiger partial charge < -0.3 is 29.6 Å². The molecule has 1 unspecified atom stereocenters. The van der Waals surface area contributed by atoms with Crippen LogP contribution in [0, 0.1) is 0 Å². The van der Waals surface area contributed by atoms with Gasteiger partial charge in [0.1, 0.15) is 11.4 Å². The van der Waals surface area contributed by atoms with Gasteiger partial charge in [-0.1, -0.05) is 12.1 Å². The minimum atomic E-state index is -0.459. The Kier molecular flexibility index (Phi) is 7.51. The number of methoxy groups -OCH3 is 1. The first-order valence-corrected chi connectivity index (χ1v) is 14.8. The van der Waals surface area contributed by atoms with Crippen molar-refractivity contribution in [2.24, 2.45) is 7.05 Å². The van der Waals surface area contributed by atoms with Gasteiger partial charge in [0.25, 0.3) is 5.91 Å². The van der Waals surface area contributed by atoms with E-state index in [-0.39, 0.29) is 23.6 Å². The topological polar surface area (TPSA) is 128 Å². The first kappa shape index (κ1) is 28.9. The van der Waals surface area contributed by atoms with Crippen LogP contribution >= 0.6 is 0 Å². The minimum Gasteiger partial charge on any atom is -0.452 e. The van der Waals surface area contributed by atoms with E-state index in [9.17, 15) is 14.4 Å². The lowest BCUT2D eigenvalue weighted by atomic mass is 9.99. The van der Waals surface area contributed by atoms with E-state index in [0.29, 0.717) is 41.3 Å². The van der Waals surface area contributed by atoms with Gasteiger partial charge in [0, 0.05) is 68.0 Å². The predicted molar refractivity (Wildman–Crippen MR) is 174 cm³/mol. The molecule has 1 saturated heterocycles. The number of Topliss-reactive ketones (excluding diaryl/α,β-unsaturated/α-hetero) is 1. The Balaban J connectivity index is 1.14. The second kappa shape index (κ2) is 11.9. The molecule has 5 heterocycles. The van der Waals surface area contributed by atoms with E-state index in [2.05, 4.69) is 20.6 Å². The Morgan fingerprint density at radius 3 is 2.61 bits per heavy atom. The highest BCUT2D eigenvalue weighted by molar-refractivity contribution is 6.16. The number of fused-ring (bicyclic) bond motifs is 2. The number of rotatable bonds is 6. The van der Waals surface area contributed by atoms with E-state index in [1.165, 1.54) is 6.20 Å². The van der Waals surface area contributed by atoms with E-state index in [0.717, 1.165) is 34.1 Å². The highest BCUT2D eigenvalue weighted by atomic mass is 16.5. The Bertz CT molecular complexity index is 2020. The summed E-state index contributed by atoms with van der Waals surface area (Å²) >= 11 is 0. The number of ketones is 1. The minimum absolute atomic E-state index is 0.0138. The lowest BCUT2D eigenvalue weighted by Crippen LogP contribution is -2.29. The number of ether oxygens (including phenoxy) is 2. The second-order valence-corrected chi connectivity index (χ2v) is 11.2. The molecule has 3 aromatic heterocycles. The second-order valence-electron chi connectivity index (χ2n) is 11.2. The Morgan fingerprint density at radius 2 is 1.85 bits per heavy atom. The highest BCUT2D eigenvalue weighted by Crippen LogP contribution is 2.37. The van der Waals surface area contributed by atoms with Gasteiger partial charge in [0.2, 0.25) is 5.78 Å². The summed E-state index contributed by atoms with van der Waals surface area (Å²) in [7, 11) is 3.57. The van der Waals surface area contributed by atoms with Crippen LogP contribution in [0.15, 0.2) is 91.2 Å². The Morgan fingerprint density at radius 1 is 1.02 bits per heavy atom. The molecule has 2 aliphatic heterocycles. The van der Waals surface area contributed by atoms with Gasteiger partial charge in [-0.05, 0) is 72.2 Å². The fourth-order valence-corrected chi connectivity index (χ4v) is 5.91. The number of allylic oxidation sites excluding steroid dienone is 1. The first-order valence-electron chi connectivity index (χ1n) is 14.8. The van der Waals surface area contributed by atoms with Gasteiger partial charge in [-0.15, -0.1) is 0 Å². The average Bonchev–Trinajstić information content (AvgIpc) is 3.77. The molecule has 1 atom stereocenters. The molecule has 0 spiro atoms. The molecule has 7 rings (SSSR count). The number of carbonyl (C=O) groups excluding carboxylic acids is 3. The largest absolute Gasteiger partial charge is 0.452 e. The molecule has 0 saturated carbocycles. The lowest BCUT2D eigenvalue weighted by Gasteiger charge is -2.16. The van der Waals surface area contributed by atoms with Crippen molar-refractivity contribution in [2.75, 3.05) is 30.8 Å². The highest BCUT2D eigenvalue weighted by Gasteiger charge is 2.29. The van der Waals surface area contributed by atoms with E-state index in [1.54, 1.807) is 55.9 Å². The molecule has 0 aliphatic carbocycles. The van der Waals surface area contributed by atoms with Crippen molar-refractivity contribution in [1.29, 1.82) is 0 Å². The molecule has 2 aromatic carbocycles. The van der Waals surface area contributed by atoms with Crippen LogP contribution in [0.25, 0.3) is 28.2 Å². The van der Waals surface area contributed by atoms with Crippen LogP contribution in [0.2, 0.25) is 0 Å². The summed E-state index contributed by atoms with van der Waals surface area (Å²) in [5.41, 5.74) is 5.27. The molecule has 5 aromatic rings. The molecule has 230 valence electrons. The summed E-state index contributed by atoms with van der Waals surface area (Å²) < 4.78 is 13.3. The molecule has 3 amide bonds. The molecular formula is C35H30N6O5. The molecule has 11 heteroatoms. The third-order valence-electron chi connectivity index (χ3n) is 8.23. The van der Waals surface area contributed by atoms with Crippen molar-refractivity contribution >= 4 is 46.2 Å². The number of anilines is 2. The number of likely N-dealkylation sites (tertiary alicyclic amines) is 1. The standard InChI is InChI=1S/C35H30N6O5/c1-40-19-23(16-30-32(42)28-17-24(9-10-29(28)46-30)38-35(44)39-25-4-3-13-36-18-25)31-27(11-14-37-33(31)40)21-5-7-22(8-6-21)34(43)41-15-12-26(20-41)45-2/h3-11,13-14,16-19,26H,12,15,20H2,1-2H3,(H2,38,39,44)/b30-16-. The zero-order valence-electron chi connectivity index (χ0n) is 25.2. The molecule has 11 nitrogen and oxygen atoms in total. The van der Waals surface area contributed by atoms with Crippen LogP contribution in [0.4, 0.5) is 16.2 Å². The van der Waals surface area contributed by atoms with Crippen LogP contribution in [0.5, 0.6) is 5.75 Å². The maximum absolute atomic E-state index is 13.5. The number of nitrogens with zero attached hydrogens (tertiary/aromatic N) is 4. The van der Waals surface area contributed by atoms with E-state index >= 15 is 0 Å². The van der Waals surface area contributed by atoms with Gasteiger partial charge in [-0.25, -0.2) is 9.78 Å². The number of aryl methyl sites for hydroxylation is 1. The molecule has 1 fully saturated rings. The van der Waals surface area contributed by atoms with Gasteiger partial charge in [0.05, 0.1) is 23.6 Å². The molecular weight excluding hydrogens is 584 g/mol. The summed E-state index contributed by atoms with van der Waals surface area (Å²) in [6, 6.07) is 17.4. The van der Waals surface area contributed by atoms with Crippen molar-refractivity contribution in [3.8, 4) is 16.9 Å². The van der Waals surface area contributed by atoms with Crippen molar-refractivity contribution < 1.29 is 23.9 Å². The number of benzene rings is 2. The van der Waals surface area contributed by atoms with Crippen LogP contribution < -0.4 is 15.4 Å². The lowest BCUT2D eigenvalue weighted by molar-refractivity contribution is 0.0724. The number of carbonyl (C=O) groups is 3. The molecule has 2 aliphatic rings. The van der Waals surface area contributed by atoms with Crippen LogP contribution in [-0.4, -0.2) is 63.5 Å². The number of hydrogen-bond donors (Lipinski definition) is 2. The van der Waals surface area contributed by atoms with Crippen LogP contribution in [0.3, 0.4) is 0 Å². The monoisotopic (exact) mass is 614 g/mol. The number of nitrogens with one attached hydrogen (secondary N) is 2. The van der Waals surface area contributed by atoms with Gasteiger partial charge in [0.15, 0.2) is 5.76 Å². The fourth-order valence-electron chi connectivity index (χ4n) is 5.91. The number of hydrogen-bond acceptors (Lipinski definition) is 7. The van der Waals surface area contributed by atoms with Crippen molar-refractivity contribution in [3.63, 3.8) is 0 Å². The van der Waals surface area contributed by atoms with E-state index < -0.39 is 6.03 Å². The van der Waals surface area contributed by atoms with Crippen molar-refractivity contribution in [2.45, 2.75) is 12.5 Å². The number of amides is 3. The van der Waals surface area contributed by atoms with E-state index in [4.69, 9.17) is 9.47 Å². The predicted octanol–water partition coefficient (Wildman–Crippen LogP) is 5.76. The SMILES string of the molecule is COC1CCN(C(=O)c2ccc(-c3ccnc4c3c(/C=C3\Oc5ccc(NC(=O)Nc6cccnc6)cc5C3=O)cn4C)cc2)C1. The summed E-state index contributed by atoms with van der Waals surface area (Å²) in [4.78, 5) is 49.4. The Hall–Kier alpha value is -5.81. The average molecular weight is 615 g/mol. The summed E-state index contributed by atoms with van der Waals surface area (Å²) in [6.45, 7) is 1.27. The van der Waals surface area contributed by atoms with Gasteiger partial charge >= 0.3 is 6.03 Å². The molecule has 0 bridgehead atoms. The van der Waals surface area contributed by atoms with Gasteiger partial charge in [-0.3, -0.25) is 14.6 Å². The maximum atomic E-state index is 13.5. The number of aromatic nitrogens is 3. The van der Waals surface area contributed by atoms with Crippen molar-refractivity contribution in [1.82, 2.24) is 19.4 Å². The van der Waals surface area contributed by atoms with Gasteiger partial charge in [-0.2, -0.15) is 0 Å². The van der Waals surface area contributed by atoms with Crippen molar-refractivity contribution in [3.05, 3.63) is 108 Å². The zero-order chi connectivity index (χ0) is 31.8. The number of urea groups is 1. The third-order valence-corrected chi connectivity index (χ3v) is 8.23. The molecule has 46 heavy (non-hydrogen) atoms. The Labute approximate surface area is 264 Å². The quantitative estimate of drug-likeness (QED) is 0.233. The maximum Gasteiger partial charge on any atom is 0.323 e. The molecule has 2 N–H and O–H groups in total. The van der Waals surface area contributed by atoms with E-state index in [1.807, 2.05) is 53.0 Å². The fraction of sp³-hybridized carbons (Fsp3) is 0.171. The van der Waals surface area contributed by atoms with Crippen LogP contribution in [0.1, 0.15) is 32.7 Å². The first-order chi connectivity index (χ1) is 22.4. The smallest absolute Gasteiger partial charge is 0.323 e. The molecule has 0 radical (unpaired) electrons. The summed E-state index contributed by atoms with van der Waals surface area (Å²) in [6.07, 6.45) is 9.43. The summed E-state index contributed by atoms with van der Waals surface area (Å²) in [5.74, 6) is 0.257. The third kappa shape index (κ3) is 5.48. The number of pyridine rings is 2. The van der Waals surface area contributed by atoms with Crippen LogP contribution in [-0.2, 0) is 11.8 Å². The normalized spacial score (nSPS) is 16.5. The zero-order valence-corrected chi connectivity index (χ0v) is 25.2. The summed E-state index contributed by atoms with van der Waals surface area (Å²) in [5, 5.41) is 6.29.